The van der Waals surface area contributed by atoms with Crippen LogP contribution < -0.4 is 5.32 Å². The summed E-state index contributed by atoms with van der Waals surface area (Å²) in [5, 5.41) is 3.27. The zero-order valence-electron chi connectivity index (χ0n) is 15.5. The summed E-state index contributed by atoms with van der Waals surface area (Å²) in [5.41, 5.74) is -0.169. The minimum Gasteiger partial charge on any atom is -0.454 e. The van der Waals surface area contributed by atoms with Crippen LogP contribution in [0.1, 0.15) is 32.6 Å². The molecule has 2 heterocycles. The van der Waals surface area contributed by atoms with Crippen molar-refractivity contribution in [1.29, 1.82) is 0 Å². The average Bonchev–Trinajstić information content (AvgIpc) is 3.25. The van der Waals surface area contributed by atoms with E-state index in [9.17, 15) is 14.4 Å². The number of oxazole rings is 1. The van der Waals surface area contributed by atoms with Crippen molar-refractivity contribution >= 4 is 29.5 Å². The Morgan fingerprint density at radius 1 is 1.25 bits per heavy atom. The third-order valence-corrected chi connectivity index (χ3v) is 5.03. The molecule has 0 bridgehead atoms. The molecule has 1 aliphatic rings. The number of ether oxygens (including phenoxy) is 1. The third kappa shape index (κ3) is 3.87. The predicted octanol–water partition coefficient (Wildman–Crippen LogP) is 3.15. The van der Waals surface area contributed by atoms with Gasteiger partial charge < -0.3 is 14.5 Å². The standard InChI is InChI=1S/C19H20ClN3O5/c1-3-19(4-2)17(25)23(18(26)22-19)10-16(24)27-11-15-21-9-14(28-15)12-5-7-13(20)8-6-12/h5-9H,3-4,10-11H2,1-2H3,(H,22,26). The zero-order chi connectivity index (χ0) is 20.3. The quantitative estimate of drug-likeness (QED) is 0.560. The number of hydrogen-bond acceptors (Lipinski definition) is 6. The number of carbonyl (C=O) groups is 3. The van der Waals surface area contributed by atoms with E-state index in [1.165, 1.54) is 6.20 Å². The number of aromatic nitrogens is 1. The Labute approximate surface area is 166 Å². The molecule has 2 aromatic rings. The number of urea groups is 1. The summed E-state index contributed by atoms with van der Waals surface area (Å²) in [6, 6.07) is 6.42. The number of hydrogen-bond donors (Lipinski definition) is 1. The van der Waals surface area contributed by atoms with Crippen LogP contribution in [-0.4, -0.2) is 39.9 Å². The lowest BCUT2D eigenvalue weighted by Crippen LogP contribution is -2.46. The summed E-state index contributed by atoms with van der Waals surface area (Å²) in [6.07, 6.45) is 2.41. The Kier molecular flexibility index (Phi) is 5.69. The first-order valence-corrected chi connectivity index (χ1v) is 9.26. The van der Waals surface area contributed by atoms with E-state index in [1.807, 2.05) is 13.8 Å². The van der Waals surface area contributed by atoms with Crippen molar-refractivity contribution in [3.05, 3.63) is 41.4 Å². The first-order valence-electron chi connectivity index (χ1n) is 8.89. The van der Waals surface area contributed by atoms with Gasteiger partial charge in [-0.3, -0.25) is 14.5 Å². The Hall–Kier alpha value is -2.87. The molecule has 0 unspecified atom stereocenters. The second kappa shape index (κ2) is 8.02. The Balaban J connectivity index is 1.57. The minimum atomic E-state index is -0.951. The van der Waals surface area contributed by atoms with E-state index in [2.05, 4.69) is 10.3 Å². The van der Waals surface area contributed by atoms with Crippen molar-refractivity contribution in [2.45, 2.75) is 38.8 Å². The minimum absolute atomic E-state index is 0.201. The maximum absolute atomic E-state index is 12.5. The number of nitrogens with zero attached hydrogens (tertiary/aromatic N) is 2. The molecule has 28 heavy (non-hydrogen) atoms. The largest absolute Gasteiger partial charge is 0.454 e. The van der Waals surface area contributed by atoms with Crippen molar-refractivity contribution in [1.82, 2.24) is 15.2 Å². The summed E-state index contributed by atoms with van der Waals surface area (Å²) in [5.74, 6) is -0.433. The number of amides is 3. The molecule has 3 rings (SSSR count). The van der Waals surface area contributed by atoms with E-state index in [0.717, 1.165) is 10.5 Å². The summed E-state index contributed by atoms with van der Waals surface area (Å²) in [7, 11) is 0. The van der Waals surface area contributed by atoms with Gasteiger partial charge in [-0.25, -0.2) is 9.78 Å². The van der Waals surface area contributed by atoms with Gasteiger partial charge in [0.05, 0.1) is 6.20 Å². The number of carbonyl (C=O) groups excluding carboxylic acids is 3. The summed E-state index contributed by atoms with van der Waals surface area (Å²) < 4.78 is 10.6. The fourth-order valence-corrected chi connectivity index (χ4v) is 3.12. The van der Waals surface area contributed by atoms with E-state index < -0.39 is 30.0 Å². The number of halogens is 1. The molecule has 0 spiro atoms. The Morgan fingerprint density at radius 2 is 1.93 bits per heavy atom. The predicted molar refractivity (Wildman–Crippen MR) is 100 cm³/mol. The first kappa shape index (κ1) is 19.9. The molecule has 9 heteroatoms. The average molecular weight is 406 g/mol. The van der Waals surface area contributed by atoms with Gasteiger partial charge in [-0.15, -0.1) is 0 Å². The highest BCUT2D eigenvalue weighted by atomic mass is 35.5. The number of rotatable bonds is 7. The molecule has 1 N–H and O–H groups in total. The third-order valence-electron chi connectivity index (χ3n) is 4.78. The molecule has 1 saturated heterocycles. The van der Waals surface area contributed by atoms with Crippen LogP contribution in [0.2, 0.25) is 5.02 Å². The van der Waals surface area contributed by atoms with E-state index in [-0.39, 0.29) is 12.5 Å². The number of benzene rings is 1. The van der Waals surface area contributed by atoms with Crippen LogP contribution >= 0.6 is 11.6 Å². The van der Waals surface area contributed by atoms with Gasteiger partial charge >= 0.3 is 12.0 Å². The van der Waals surface area contributed by atoms with Crippen LogP contribution in [0.3, 0.4) is 0 Å². The molecule has 1 aromatic carbocycles. The van der Waals surface area contributed by atoms with E-state index >= 15 is 0 Å². The molecule has 8 nitrogen and oxygen atoms in total. The van der Waals surface area contributed by atoms with E-state index in [1.54, 1.807) is 24.3 Å². The maximum Gasteiger partial charge on any atom is 0.326 e. The van der Waals surface area contributed by atoms with Gasteiger partial charge in [0.25, 0.3) is 5.91 Å². The molecule has 0 saturated carbocycles. The van der Waals surface area contributed by atoms with Crippen LogP contribution in [0.4, 0.5) is 4.79 Å². The van der Waals surface area contributed by atoms with Crippen molar-refractivity contribution in [3.63, 3.8) is 0 Å². The van der Waals surface area contributed by atoms with Crippen LogP contribution in [0.5, 0.6) is 0 Å². The fourth-order valence-electron chi connectivity index (χ4n) is 2.99. The molecule has 1 fully saturated rings. The van der Waals surface area contributed by atoms with Crippen LogP contribution in [-0.2, 0) is 20.9 Å². The fraction of sp³-hybridized carbons (Fsp3) is 0.368. The van der Waals surface area contributed by atoms with Crippen LogP contribution in [0, 0.1) is 0 Å². The Bertz CT molecular complexity index is 889. The molecular formula is C19H20ClN3O5. The number of imide groups is 1. The number of esters is 1. The van der Waals surface area contributed by atoms with Crippen LogP contribution in [0.25, 0.3) is 11.3 Å². The highest BCUT2D eigenvalue weighted by Crippen LogP contribution is 2.25. The molecule has 3 amide bonds. The summed E-state index contributed by atoms with van der Waals surface area (Å²) in [4.78, 5) is 41.6. The van der Waals surface area contributed by atoms with Gasteiger partial charge in [-0.05, 0) is 37.1 Å². The van der Waals surface area contributed by atoms with Gasteiger partial charge in [0.1, 0.15) is 12.1 Å². The SMILES string of the molecule is CCC1(CC)NC(=O)N(CC(=O)OCc2ncc(-c3ccc(Cl)cc3)o2)C1=O. The molecule has 0 aliphatic carbocycles. The summed E-state index contributed by atoms with van der Waals surface area (Å²) >= 11 is 5.86. The highest BCUT2D eigenvalue weighted by Gasteiger charge is 2.49. The van der Waals surface area contributed by atoms with Gasteiger partial charge in [0.2, 0.25) is 5.89 Å². The van der Waals surface area contributed by atoms with E-state index in [0.29, 0.717) is 23.6 Å². The second-order valence-electron chi connectivity index (χ2n) is 6.40. The smallest absolute Gasteiger partial charge is 0.326 e. The highest BCUT2D eigenvalue weighted by molar-refractivity contribution is 6.30. The van der Waals surface area contributed by atoms with Crippen LogP contribution in [0.15, 0.2) is 34.9 Å². The van der Waals surface area contributed by atoms with Gasteiger partial charge in [0.15, 0.2) is 12.4 Å². The lowest BCUT2D eigenvalue weighted by atomic mass is 9.93. The second-order valence-corrected chi connectivity index (χ2v) is 6.83. The molecule has 1 aliphatic heterocycles. The maximum atomic E-state index is 12.5. The molecule has 1 aromatic heterocycles. The molecule has 0 radical (unpaired) electrons. The normalized spacial score (nSPS) is 15.6. The van der Waals surface area contributed by atoms with E-state index in [4.69, 9.17) is 20.8 Å². The van der Waals surface area contributed by atoms with Gasteiger partial charge in [-0.2, -0.15) is 0 Å². The molecule has 148 valence electrons. The van der Waals surface area contributed by atoms with Crippen molar-refractivity contribution in [3.8, 4) is 11.3 Å². The van der Waals surface area contributed by atoms with Crippen molar-refractivity contribution in [2.75, 3.05) is 6.54 Å². The number of nitrogens with one attached hydrogen (secondary N) is 1. The Morgan fingerprint density at radius 3 is 2.54 bits per heavy atom. The molecular weight excluding hydrogens is 386 g/mol. The van der Waals surface area contributed by atoms with Gasteiger partial charge in [-0.1, -0.05) is 25.4 Å². The lowest BCUT2D eigenvalue weighted by Gasteiger charge is -2.22. The lowest BCUT2D eigenvalue weighted by molar-refractivity contribution is -0.149. The van der Waals surface area contributed by atoms with Gasteiger partial charge in [0, 0.05) is 10.6 Å². The molecule has 0 atom stereocenters. The summed E-state index contributed by atoms with van der Waals surface area (Å²) in [6.45, 7) is 2.95. The van der Waals surface area contributed by atoms with Crippen molar-refractivity contribution < 1.29 is 23.5 Å². The monoisotopic (exact) mass is 405 g/mol. The zero-order valence-corrected chi connectivity index (χ0v) is 16.3. The first-order chi connectivity index (χ1) is 13.4. The van der Waals surface area contributed by atoms with Crippen molar-refractivity contribution in [2.24, 2.45) is 0 Å². The topological polar surface area (TPSA) is 102 Å².